The lowest BCUT2D eigenvalue weighted by molar-refractivity contribution is 0.0931. The summed E-state index contributed by atoms with van der Waals surface area (Å²) >= 11 is 0. The van der Waals surface area contributed by atoms with Crippen molar-refractivity contribution in [2.24, 2.45) is 5.73 Å². The molecule has 1 aromatic rings. The summed E-state index contributed by atoms with van der Waals surface area (Å²) in [6.45, 7) is 6.82. The van der Waals surface area contributed by atoms with E-state index in [1.807, 2.05) is 13.0 Å². The maximum absolute atomic E-state index is 6.12. The molecule has 0 radical (unpaired) electrons. The molecule has 112 valence electrons. The maximum atomic E-state index is 6.12. The molecule has 1 aliphatic rings. The third-order valence-corrected chi connectivity index (χ3v) is 4.35. The van der Waals surface area contributed by atoms with Crippen LogP contribution in [0.2, 0.25) is 0 Å². The molecule has 0 aliphatic carbocycles. The van der Waals surface area contributed by atoms with Crippen molar-refractivity contribution >= 4 is 0 Å². The van der Waals surface area contributed by atoms with Gasteiger partial charge in [-0.1, -0.05) is 31.5 Å². The summed E-state index contributed by atoms with van der Waals surface area (Å²) < 4.78 is 5.80. The smallest absolute Gasteiger partial charge is 0.124 e. The first kappa shape index (κ1) is 15.3. The van der Waals surface area contributed by atoms with Crippen LogP contribution in [0.5, 0.6) is 5.75 Å². The zero-order valence-electron chi connectivity index (χ0n) is 12.8. The molecule has 0 amide bonds. The van der Waals surface area contributed by atoms with Crippen molar-refractivity contribution in [3.05, 3.63) is 29.8 Å². The van der Waals surface area contributed by atoms with Gasteiger partial charge in [-0.3, -0.25) is 4.90 Å². The van der Waals surface area contributed by atoms with Crippen LogP contribution in [0.4, 0.5) is 0 Å². The molecule has 1 fully saturated rings. The molecule has 3 nitrogen and oxygen atoms in total. The summed E-state index contributed by atoms with van der Waals surface area (Å²) in [5.74, 6) is 0.992. The molecule has 1 aliphatic heterocycles. The Kier molecular flexibility index (Phi) is 5.86. The van der Waals surface area contributed by atoms with Crippen LogP contribution in [0.3, 0.4) is 0 Å². The van der Waals surface area contributed by atoms with Crippen molar-refractivity contribution in [3.63, 3.8) is 0 Å². The van der Waals surface area contributed by atoms with Gasteiger partial charge in [0, 0.05) is 18.2 Å². The van der Waals surface area contributed by atoms with Gasteiger partial charge in [0.05, 0.1) is 12.6 Å². The van der Waals surface area contributed by atoms with Crippen molar-refractivity contribution in [1.29, 1.82) is 0 Å². The van der Waals surface area contributed by atoms with Crippen molar-refractivity contribution in [1.82, 2.24) is 4.90 Å². The molecule has 2 atom stereocenters. The van der Waals surface area contributed by atoms with Crippen molar-refractivity contribution in [2.75, 3.05) is 19.7 Å². The second-order valence-electron chi connectivity index (χ2n) is 5.52. The number of para-hydroxylation sites is 1. The topological polar surface area (TPSA) is 38.5 Å². The van der Waals surface area contributed by atoms with Gasteiger partial charge in [-0.2, -0.15) is 0 Å². The zero-order valence-corrected chi connectivity index (χ0v) is 12.8. The Bertz CT molecular complexity index is 408. The monoisotopic (exact) mass is 276 g/mol. The first-order valence-electron chi connectivity index (χ1n) is 7.99. The first-order chi connectivity index (χ1) is 9.81. The lowest BCUT2D eigenvalue weighted by atomic mass is 9.94. The number of nitrogens with zero attached hydrogens (tertiary/aromatic N) is 1. The molecule has 1 saturated heterocycles. The van der Waals surface area contributed by atoms with Crippen LogP contribution in [0, 0.1) is 0 Å². The predicted octanol–water partition coefficient (Wildman–Crippen LogP) is 3.35. The standard InChI is InChI=1S/C17H28N2O/c1-3-14-9-7-8-12-19(14)16(13-18)15-10-5-6-11-17(15)20-4-2/h5-6,10-11,14,16H,3-4,7-9,12-13,18H2,1-2H3. The van der Waals surface area contributed by atoms with E-state index in [1.165, 1.54) is 31.2 Å². The molecule has 20 heavy (non-hydrogen) atoms. The van der Waals surface area contributed by atoms with E-state index in [2.05, 4.69) is 30.0 Å². The summed E-state index contributed by atoms with van der Waals surface area (Å²) in [6, 6.07) is 9.30. The number of hydrogen-bond donors (Lipinski definition) is 1. The highest BCUT2D eigenvalue weighted by Crippen LogP contribution is 2.34. The van der Waals surface area contributed by atoms with Crippen LogP contribution >= 0.6 is 0 Å². The summed E-state index contributed by atoms with van der Waals surface area (Å²) in [5, 5.41) is 0. The fourth-order valence-electron chi connectivity index (χ4n) is 3.36. The van der Waals surface area contributed by atoms with Crippen LogP contribution in [0.15, 0.2) is 24.3 Å². The Labute approximate surface area is 123 Å². The third-order valence-electron chi connectivity index (χ3n) is 4.35. The molecular weight excluding hydrogens is 248 g/mol. The average molecular weight is 276 g/mol. The number of rotatable bonds is 6. The second kappa shape index (κ2) is 7.65. The van der Waals surface area contributed by atoms with E-state index in [0.29, 0.717) is 19.2 Å². The van der Waals surface area contributed by atoms with E-state index < -0.39 is 0 Å². The summed E-state index contributed by atoms with van der Waals surface area (Å²) in [7, 11) is 0. The van der Waals surface area contributed by atoms with E-state index in [-0.39, 0.29) is 6.04 Å². The number of ether oxygens (including phenoxy) is 1. The second-order valence-corrected chi connectivity index (χ2v) is 5.52. The highest BCUT2D eigenvalue weighted by molar-refractivity contribution is 5.36. The highest BCUT2D eigenvalue weighted by atomic mass is 16.5. The van der Waals surface area contributed by atoms with E-state index in [1.54, 1.807) is 0 Å². The first-order valence-corrected chi connectivity index (χ1v) is 7.99. The van der Waals surface area contributed by atoms with Gasteiger partial charge in [-0.15, -0.1) is 0 Å². The Morgan fingerprint density at radius 3 is 2.80 bits per heavy atom. The number of hydrogen-bond acceptors (Lipinski definition) is 3. The fraction of sp³-hybridized carbons (Fsp3) is 0.647. The predicted molar refractivity (Wildman–Crippen MR) is 84.0 cm³/mol. The molecule has 0 bridgehead atoms. The molecule has 2 rings (SSSR count). The van der Waals surface area contributed by atoms with E-state index in [9.17, 15) is 0 Å². The Morgan fingerprint density at radius 1 is 1.30 bits per heavy atom. The van der Waals surface area contributed by atoms with E-state index >= 15 is 0 Å². The SMILES string of the molecule is CCOc1ccccc1C(CN)N1CCCCC1CC. The van der Waals surface area contributed by atoms with Gasteiger partial charge in [0.25, 0.3) is 0 Å². The van der Waals surface area contributed by atoms with Crippen molar-refractivity contribution in [2.45, 2.75) is 51.6 Å². The van der Waals surface area contributed by atoms with E-state index in [4.69, 9.17) is 10.5 Å². The van der Waals surface area contributed by atoms with Crippen LogP contribution in [-0.2, 0) is 0 Å². The normalized spacial score (nSPS) is 21.6. The highest BCUT2D eigenvalue weighted by Gasteiger charge is 2.29. The van der Waals surface area contributed by atoms with Crippen LogP contribution < -0.4 is 10.5 Å². The molecule has 0 spiro atoms. The maximum Gasteiger partial charge on any atom is 0.124 e. The molecule has 2 N–H and O–H groups in total. The molecule has 3 heteroatoms. The lowest BCUT2D eigenvalue weighted by Gasteiger charge is -2.41. The van der Waals surface area contributed by atoms with Crippen LogP contribution in [0.25, 0.3) is 0 Å². The van der Waals surface area contributed by atoms with Gasteiger partial charge in [0.2, 0.25) is 0 Å². The van der Waals surface area contributed by atoms with Gasteiger partial charge < -0.3 is 10.5 Å². The summed E-state index contributed by atoms with van der Waals surface area (Å²) in [4.78, 5) is 2.60. The van der Waals surface area contributed by atoms with Gasteiger partial charge in [-0.25, -0.2) is 0 Å². The van der Waals surface area contributed by atoms with Crippen LogP contribution in [0.1, 0.15) is 51.1 Å². The minimum atomic E-state index is 0.281. The fourth-order valence-corrected chi connectivity index (χ4v) is 3.36. The lowest BCUT2D eigenvalue weighted by Crippen LogP contribution is -2.44. The van der Waals surface area contributed by atoms with Gasteiger partial charge in [-0.05, 0) is 38.8 Å². The summed E-state index contributed by atoms with van der Waals surface area (Å²) in [5.41, 5.74) is 7.37. The molecule has 0 aromatic heterocycles. The molecule has 2 unspecified atom stereocenters. The summed E-state index contributed by atoms with van der Waals surface area (Å²) in [6.07, 6.45) is 5.13. The number of nitrogens with two attached hydrogens (primary N) is 1. The number of likely N-dealkylation sites (tertiary alicyclic amines) is 1. The Morgan fingerprint density at radius 2 is 2.10 bits per heavy atom. The number of piperidine rings is 1. The Hall–Kier alpha value is -1.06. The minimum Gasteiger partial charge on any atom is -0.494 e. The molecular formula is C17H28N2O. The van der Waals surface area contributed by atoms with Crippen LogP contribution in [-0.4, -0.2) is 30.6 Å². The van der Waals surface area contributed by atoms with Gasteiger partial charge in [0.15, 0.2) is 0 Å². The quantitative estimate of drug-likeness (QED) is 0.866. The molecule has 1 heterocycles. The zero-order chi connectivity index (χ0) is 14.4. The third kappa shape index (κ3) is 3.33. The van der Waals surface area contributed by atoms with Gasteiger partial charge >= 0.3 is 0 Å². The average Bonchev–Trinajstić information content (AvgIpc) is 2.50. The minimum absolute atomic E-state index is 0.281. The largest absolute Gasteiger partial charge is 0.494 e. The van der Waals surface area contributed by atoms with E-state index in [0.717, 1.165) is 12.3 Å². The Balaban J connectivity index is 2.26. The molecule has 0 saturated carbocycles. The van der Waals surface area contributed by atoms with Gasteiger partial charge in [0.1, 0.15) is 5.75 Å². The van der Waals surface area contributed by atoms with Crippen molar-refractivity contribution in [3.8, 4) is 5.75 Å². The number of benzene rings is 1. The molecule has 1 aromatic carbocycles. The van der Waals surface area contributed by atoms with Crippen molar-refractivity contribution < 1.29 is 4.74 Å².